The van der Waals surface area contributed by atoms with Crippen molar-refractivity contribution in [2.24, 2.45) is 0 Å². The van der Waals surface area contributed by atoms with Crippen molar-refractivity contribution < 1.29 is 0 Å². The minimum Gasteiger partial charge on any atom is -0.301 e. The Labute approximate surface area is 123 Å². The third kappa shape index (κ3) is 4.23. The molecule has 0 fully saturated rings. The van der Waals surface area contributed by atoms with E-state index in [0.29, 0.717) is 11.7 Å². The van der Waals surface area contributed by atoms with Crippen molar-refractivity contribution in [1.82, 2.24) is 9.97 Å². The molecule has 0 aliphatic rings. The minimum absolute atomic E-state index is 0.0755. The van der Waals surface area contributed by atoms with Gasteiger partial charge in [-0.2, -0.15) is 0 Å². The van der Waals surface area contributed by atoms with E-state index in [4.69, 9.17) is 0 Å². The molecule has 106 valence electrons. The molecule has 1 N–H and O–H groups in total. The Hall–Kier alpha value is -1.55. The summed E-state index contributed by atoms with van der Waals surface area (Å²) in [6.45, 7) is 6.34. The Morgan fingerprint density at radius 2 is 2.15 bits per heavy atom. The van der Waals surface area contributed by atoms with Crippen molar-refractivity contribution in [3.63, 3.8) is 0 Å². The molecule has 0 saturated heterocycles. The van der Waals surface area contributed by atoms with Gasteiger partial charge >= 0.3 is 0 Å². The first kappa shape index (κ1) is 14.9. The fourth-order valence-corrected chi connectivity index (χ4v) is 2.81. The van der Waals surface area contributed by atoms with Gasteiger partial charge in [-0.3, -0.25) is 4.79 Å². The van der Waals surface area contributed by atoms with Crippen LogP contribution in [0, 0.1) is 6.92 Å². The maximum atomic E-state index is 11.7. The molecule has 2 aromatic rings. The second-order valence-corrected chi connectivity index (χ2v) is 6.47. The molecule has 1 aromatic carbocycles. The zero-order valence-corrected chi connectivity index (χ0v) is 13.0. The van der Waals surface area contributed by atoms with E-state index >= 15 is 0 Å². The van der Waals surface area contributed by atoms with Crippen LogP contribution in [0.1, 0.15) is 37.1 Å². The van der Waals surface area contributed by atoms with Gasteiger partial charge in [0.2, 0.25) is 0 Å². The highest BCUT2D eigenvalue weighted by Gasteiger charge is 2.07. The van der Waals surface area contributed by atoms with Crippen LogP contribution in [0.2, 0.25) is 0 Å². The number of rotatable bonds is 5. The quantitative estimate of drug-likeness (QED) is 0.676. The molecule has 1 aromatic heterocycles. The van der Waals surface area contributed by atoms with Crippen molar-refractivity contribution in [2.75, 3.05) is 0 Å². The zero-order chi connectivity index (χ0) is 14.5. The second-order valence-electron chi connectivity index (χ2n) is 5.04. The molecule has 0 aliphatic heterocycles. The van der Waals surface area contributed by atoms with Crippen LogP contribution >= 0.6 is 11.8 Å². The van der Waals surface area contributed by atoms with E-state index < -0.39 is 0 Å². The van der Waals surface area contributed by atoms with Gasteiger partial charge in [0.15, 0.2) is 5.16 Å². The Morgan fingerprint density at radius 1 is 1.35 bits per heavy atom. The highest BCUT2D eigenvalue weighted by atomic mass is 32.2. The van der Waals surface area contributed by atoms with E-state index in [0.717, 1.165) is 17.3 Å². The number of nitrogens with zero attached hydrogens (tertiary/aromatic N) is 1. The average molecular weight is 288 g/mol. The second kappa shape index (κ2) is 6.75. The van der Waals surface area contributed by atoms with Crippen molar-refractivity contribution in [3.05, 3.63) is 57.5 Å². The molecule has 1 atom stereocenters. The lowest BCUT2D eigenvalue weighted by Gasteiger charge is -2.08. The normalized spacial score (nSPS) is 12.3. The standard InChI is InChI=1S/C16H20N2OS/c1-4-12(3)20-16-17-14(10-15(19)18-16)9-13-7-5-6-11(2)8-13/h5-8,10,12H,4,9H2,1-3H3,(H,17,18,19)/t12-/m1/s1. The lowest BCUT2D eigenvalue weighted by molar-refractivity contribution is 0.853. The van der Waals surface area contributed by atoms with E-state index in [1.165, 1.54) is 11.1 Å². The molecule has 2 rings (SSSR count). The van der Waals surface area contributed by atoms with E-state index in [-0.39, 0.29) is 5.56 Å². The lowest BCUT2D eigenvalue weighted by Crippen LogP contribution is -2.11. The third-order valence-electron chi connectivity index (χ3n) is 3.13. The van der Waals surface area contributed by atoms with Gasteiger partial charge in [0.25, 0.3) is 5.56 Å². The van der Waals surface area contributed by atoms with Crippen LogP contribution in [0.5, 0.6) is 0 Å². The maximum absolute atomic E-state index is 11.7. The largest absolute Gasteiger partial charge is 0.301 e. The Bertz CT molecular complexity index is 636. The molecule has 20 heavy (non-hydrogen) atoms. The molecule has 0 unspecified atom stereocenters. The molecule has 0 amide bonds. The van der Waals surface area contributed by atoms with Gasteiger partial charge < -0.3 is 4.98 Å². The first-order valence-electron chi connectivity index (χ1n) is 6.89. The number of nitrogens with one attached hydrogen (secondary N) is 1. The van der Waals surface area contributed by atoms with Gasteiger partial charge in [-0.1, -0.05) is 55.4 Å². The molecule has 3 nitrogen and oxygen atoms in total. The summed E-state index contributed by atoms with van der Waals surface area (Å²) in [5, 5.41) is 1.17. The van der Waals surface area contributed by atoms with Crippen molar-refractivity contribution in [1.29, 1.82) is 0 Å². The Kier molecular flexibility index (Phi) is 5.01. The summed E-state index contributed by atoms with van der Waals surface area (Å²) in [5.41, 5.74) is 3.16. The van der Waals surface area contributed by atoms with Crippen LogP contribution < -0.4 is 5.56 Å². The molecule has 0 radical (unpaired) electrons. The van der Waals surface area contributed by atoms with Gasteiger partial charge in [-0.25, -0.2) is 4.98 Å². The number of H-pyrrole nitrogens is 1. The molecule has 0 saturated carbocycles. The fourth-order valence-electron chi connectivity index (χ4n) is 1.93. The molecule has 0 bridgehead atoms. The summed E-state index contributed by atoms with van der Waals surface area (Å²) < 4.78 is 0. The van der Waals surface area contributed by atoms with Crippen molar-refractivity contribution in [2.45, 2.75) is 44.0 Å². The van der Waals surface area contributed by atoms with Crippen LogP contribution in [-0.4, -0.2) is 15.2 Å². The zero-order valence-electron chi connectivity index (χ0n) is 12.1. The van der Waals surface area contributed by atoms with Crippen LogP contribution in [-0.2, 0) is 6.42 Å². The molecule has 1 heterocycles. The fraction of sp³-hybridized carbons (Fsp3) is 0.375. The number of hydrogen-bond acceptors (Lipinski definition) is 3. The minimum atomic E-state index is -0.0755. The number of hydrogen-bond donors (Lipinski definition) is 1. The van der Waals surface area contributed by atoms with Crippen molar-refractivity contribution in [3.8, 4) is 0 Å². The first-order chi connectivity index (χ1) is 9.56. The monoisotopic (exact) mass is 288 g/mol. The molecule has 4 heteroatoms. The summed E-state index contributed by atoms with van der Waals surface area (Å²) in [4.78, 5) is 19.1. The third-order valence-corrected chi connectivity index (χ3v) is 4.28. The van der Waals surface area contributed by atoms with E-state index in [1.54, 1.807) is 17.8 Å². The maximum Gasteiger partial charge on any atom is 0.251 e. The molecular formula is C16H20N2OS. The van der Waals surface area contributed by atoms with Crippen LogP contribution in [0.25, 0.3) is 0 Å². The summed E-state index contributed by atoms with van der Waals surface area (Å²) in [6.07, 6.45) is 1.75. The highest BCUT2D eigenvalue weighted by molar-refractivity contribution is 7.99. The lowest BCUT2D eigenvalue weighted by atomic mass is 10.1. The summed E-state index contributed by atoms with van der Waals surface area (Å²) in [6, 6.07) is 9.89. The highest BCUT2D eigenvalue weighted by Crippen LogP contribution is 2.20. The predicted octanol–water partition coefficient (Wildman–Crippen LogP) is 3.56. The summed E-state index contributed by atoms with van der Waals surface area (Å²) in [7, 11) is 0. The topological polar surface area (TPSA) is 45.8 Å². The van der Waals surface area contributed by atoms with Crippen molar-refractivity contribution >= 4 is 11.8 Å². The van der Waals surface area contributed by atoms with Gasteiger partial charge in [-0.05, 0) is 18.9 Å². The van der Waals surface area contributed by atoms with E-state index in [9.17, 15) is 4.79 Å². The SMILES string of the molecule is CC[C@@H](C)Sc1nc(Cc2cccc(C)c2)cc(=O)[nH]1. The van der Waals surface area contributed by atoms with Crippen LogP contribution in [0.4, 0.5) is 0 Å². The molecule has 0 spiro atoms. The number of aromatic amines is 1. The summed E-state index contributed by atoms with van der Waals surface area (Å²) in [5.74, 6) is 0. The molecular weight excluding hydrogens is 268 g/mol. The van der Waals surface area contributed by atoms with Crippen LogP contribution in [0.3, 0.4) is 0 Å². The molecule has 0 aliphatic carbocycles. The average Bonchev–Trinajstić information content (AvgIpc) is 2.37. The van der Waals surface area contributed by atoms with Gasteiger partial charge in [0, 0.05) is 17.7 Å². The first-order valence-corrected chi connectivity index (χ1v) is 7.77. The number of benzene rings is 1. The van der Waals surface area contributed by atoms with Crippen LogP contribution in [0.15, 0.2) is 40.3 Å². The van der Waals surface area contributed by atoms with Gasteiger partial charge in [0.05, 0.1) is 5.69 Å². The van der Waals surface area contributed by atoms with E-state index in [1.807, 2.05) is 6.07 Å². The smallest absolute Gasteiger partial charge is 0.251 e. The predicted molar refractivity (Wildman–Crippen MR) is 84.5 cm³/mol. The Balaban J connectivity index is 2.21. The number of aryl methyl sites for hydroxylation is 1. The van der Waals surface area contributed by atoms with Gasteiger partial charge in [-0.15, -0.1) is 0 Å². The van der Waals surface area contributed by atoms with Gasteiger partial charge in [0.1, 0.15) is 0 Å². The Morgan fingerprint density at radius 3 is 2.85 bits per heavy atom. The number of thioether (sulfide) groups is 1. The van der Waals surface area contributed by atoms with E-state index in [2.05, 4.69) is 48.9 Å². The number of aromatic nitrogens is 2. The summed E-state index contributed by atoms with van der Waals surface area (Å²) >= 11 is 1.62.